The average molecular weight is 466 g/mol. The number of sulfone groups is 1. The fourth-order valence-corrected chi connectivity index (χ4v) is 4.98. The van der Waals surface area contributed by atoms with Gasteiger partial charge in [-0.25, -0.2) is 13.4 Å². The third kappa shape index (κ3) is 4.38. The number of rotatable bonds is 5. The molecule has 11 heteroatoms. The van der Waals surface area contributed by atoms with Crippen LogP contribution in [0.2, 0.25) is 0 Å². The smallest absolute Gasteiger partial charge is 0.341 e. The predicted molar refractivity (Wildman–Crippen MR) is 116 cm³/mol. The van der Waals surface area contributed by atoms with E-state index in [-0.39, 0.29) is 5.56 Å². The molecule has 2 aliphatic heterocycles. The second-order valence-electron chi connectivity index (χ2n) is 7.94. The normalized spacial score (nSPS) is 17.3. The standard InChI is InChI=1S/C21H25F2N5O3S/c1-15-14-18(25-21(24-15)28-8-4-5-9-28)26-10-12-27(13-11-26)19(29)16-6-2-3-7-17(16)32(30,31)20(22)23/h2-3,6-7,14,20H,4-5,8-13H2,1H3. The van der Waals surface area contributed by atoms with Crippen molar-refractivity contribution in [3.63, 3.8) is 0 Å². The summed E-state index contributed by atoms with van der Waals surface area (Å²) in [4.78, 5) is 27.3. The molecular formula is C21H25F2N5O3S. The second-order valence-corrected chi connectivity index (χ2v) is 9.83. The molecule has 0 N–H and O–H groups in total. The van der Waals surface area contributed by atoms with Gasteiger partial charge in [0.2, 0.25) is 15.8 Å². The summed E-state index contributed by atoms with van der Waals surface area (Å²) in [5, 5.41) is 0. The zero-order chi connectivity index (χ0) is 22.9. The van der Waals surface area contributed by atoms with E-state index < -0.39 is 26.4 Å². The quantitative estimate of drug-likeness (QED) is 0.670. The molecule has 0 radical (unpaired) electrons. The largest absolute Gasteiger partial charge is 0.353 e. The summed E-state index contributed by atoms with van der Waals surface area (Å²) < 4.78 is 50.1. The molecule has 0 saturated carbocycles. The molecule has 0 bridgehead atoms. The molecule has 1 aromatic heterocycles. The summed E-state index contributed by atoms with van der Waals surface area (Å²) in [6.45, 7) is 5.42. The maximum atomic E-state index is 13.1. The molecule has 1 aromatic carbocycles. The van der Waals surface area contributed by atoms with Gasteiger partial charge in [-0.15, -0.1) is 0 Å². The molecule has 32 heavy (non-hydrogen) atoms. The summed E-state index contributed by atoms with van der Waals surface area (Å²) in [5.74, 6) is -2.66. The average Bonchev–Trinajstić information content (AvgIpc) is 3.33. The summed E-state index contributed by atoms with van der Waals surface area (Å²) in [7, 11) is -4.88. The van der Waals surface area contributed by atoms with E-state index in [4.69, 9.17) is 4.98 Å². The Bertz CT molecular complexity index is 1100. The van der Waals surface area contributed by atoms with Gasteiger partial charge in [0.25, 0.3) is 5.91 Å². The molecule has 2 fully saturated rings. The van der Waals surface area contributed by atoms with E-state index in [1.165, 1.54) is 23.1 Å². The Balaban J connectivity index is 1.49. The first-order chi connectivity index (χ1) is 15.3. The van der Waals surface area contributed by atoms with Crippen LogP contribution in [-0.2, 0) is 9.84 Å². The SMILES string of the molecule is Cc1cc(N2CCN(C(=O)c3ccccc3S(=O)(=O)C(F)F)CC2)nc(N2CCCC2)n1. The van der Waals surface area contributed by atoms with E-state index in [9.17, 15) is 22.0 Å². The summed E-state index contributed by atoms with van der Waals surface area (Å²) in [5.41, 5.74) is 0.636. The van der Waals surface area contributed by atoms with Gasteiger partial charge in [-0.3, -0.25) is 4.79 Å². The molecule has 172 valence electrons. The van der Waals surface area contributed by atoms with Crippen molar-refractivity contribution < 1.29 is 22.0 Å². The van der Waals surface area contributed by atoms with E-state index in [0.717, 1.165) is 43.5 Å². The number of hydrogen-bond acceptors (Lipinski definition) is 7. The Morgan fingerprint density at radius 1 is 0.969 bits per heavy atom. The zero-order valence-corrected chi connectivity index (χ0v) is 18.6. The minimum Gasteiger partial charge on any atom is -0.353 e. The van der Waals surface area contributed by atoms with Crippen LogP contribution in [0, 0.1) is 6.92 Å². The van der Waals surface area contributed by atoms with Crippen LogP contribution in [0.3, 0.4) is 0 Å². The Morgan fingerprint density at radius 3 is 2.28 bits per heavy atom. The van der Waals surface area contributed by atoms with Crippen molar-refractivity contribution in [3.05, 3.63) is 41.6 Å². The molecule has 8 nitrogen and oxygen atoms in total. The number of anilines is 2. The summed E-state index contributed by atoms with van der Waals surface area (Å²) in [6, 6.07) is 7.03. The molecule has 2 saturated heterocycles. The van der Waals surface area contributed by atoms with Gasteiger partial charge in [0, 0.05) is 51.0 Å². The maximum absolute atomic E-state index is 13.1. The second kappa shape index (κ2) is 8.97. The van der Waals surface area contributed by atoms with Crippen molar-refractivity contribution in [1.29, 1.82) is 0 Å². The number of carbonyl (C=O) groups is 1. The highest BCUT2D eigenvalue weighted by molar-refractivity contribution is 7.91. The number of carbonyl (C=O) groups excluding carboxylic acids is 1. The number of benzene rings is 1. The molecule has 0 spiro atoms. The molecule has 4 rings (SSSR count). The number of aryl methyl sites for hydroxylation is 1. The minimum absolute atomic E-state index is 0.226. The Labute approximate surface area is 185 Å². The van der Waals surface area contributed by atoms with Crippen LogP contribution in [0.15, 0.2) is 35.2 Å². The van der Waals surface area contributed by atoms with E-state index in [1.807, 2.05) is 13.0 Å². The zero-order valence-electron chi connectivity index (χ0n) is 17.7. The first-order valence-electron chi connectivity index (χ1n) is 10.5. The van der Waals surface area contributed by atoms with Gasteiger partial charge < -0.3 is 14.7 Å². The minimum atomic E-state index is -4.88. The molecule has 0 atom stereocenters. The van der Waals surface area contributed by atoms with Gasteiger partial charge in [0.05, 0.1) is 10.5 Å². The Kier molecular flexibility index (Phi) is 6.27. The Morgan fingerprint density at radius 2 is 1.62 bits per heavy atom. The maximum Gasteiger partial charge on any atom is 0.341 e. The molecule has 1 amide bonds. The number of aromatic nitrogens is 2. The lowest BCUT2D eigenvalue weighted by Crippen LogP contribution is -2.49. The van der Waals surface area contributed by atoms with Crippen LogP contribution in [0.25, 0.3) is 0 Å². The van der Waals surface area contributed by atoms with Crippen LogP contribution in [0.4, 0.5) is 20.5 Å². The fraction of sp³-hybridized carbons (Fsp3) is 0.476. The van der Waals surface area contributed by atoms with Crippen molar-refractivity contribution in [2.75, 3.05) is 49.1 Å². The van der Waals surface area contributed by atoms with E-state index in [1.54, 1.807) is 0 Å². The highest BCUT2D eigenvalue weighted by atomic mass is 32.2. The summed E-state index contributed by atoms with van der Waals surface area (Å²) >= 11 is 0. The van der Waals surface area contributed by atoms with Gasteiger partial charge in [0.1, 0.15) is 5.82 Å². The number of halogens is 2. The highest BCUT2D eigenvalue weighted by Gasteiger charge is 2.33. The van der Waals surface area contributed by atoms with Crippen LogP contribution < -0.4 is 9.80 Å². The van der Waals surface area contributed by atoms with Gasteiger partial charge in [-0.1, -0.05) is 12.1 Å². The molecule has 3 heterocycles. The van der Waals surface area contributed by atoms with Crippen LogP contribution in [0.5, 0.6) is 0 Å². The van der Waals surface area contributed by atoms with Crippen molar-refractivity contribution in [2.24, 2.45) is 0 Å². The molecule has 2 aliphatic rings. The number of amides is 1. The number of piperazine rings is 1. The summed E-state index contributed by atoms with van der Waals surface area (Å²) in [6.07, 6.45) is 2.24. The number of nitrogens with zero attached hydrogens (tertiary/aromatic N) is 5. The predicted octanol–water partition coefficient (Wildman–Crippen LogP) is 2.34. The molecule has 2 aromatic rings. The first kappa shape index (κ1) is 22.4. The van der Waals surface area contributed by atoms with Crippen LogP contribution in [-0.4, -0.2) is 74.2 Å². The van der Waals surface area contributed by atoms with Crippen LogP contribution >= 0.6 is 0 Å². The van der Waals surface area contributed by atoms with Crippen molar-refractivity contribution in [3.8, 4) is 0 Å². The molecule has 0 unspecified atom stereocenters. The topological polar surface area (TPSA) is 86.7 Å². The molecule has 0 aliphatic carbocycles. The lowest BCUT2D eigenvalue weighted by atomic mass is 10.2. The van der Waals surface area contributed by atoms with E-state index in [0.29, 0.717) is 32.1 Å². The lowest BCUT2D eigenvalue weighted by Gasteiger charge is -2.36. The van der Waals surface area contributed by atoms with Gasteiger partial charge in [-0.2, -0.15) is 13.8 Å². The lowest BCUT2D eigenvalue weighted by molar-refractivity contribution is 0.0742. The van der Waals surface area contributed by atoms with Crippen LogP contribution in [0.1, 0.15) is 28.9 Å². The van der Waals surface area contributed by atoms with E-state index in [2.05, 4.69) is 14.8 Å². The third-order valence-electron chi connectivity index (χ3n) is 5.77. The highest BCUT2D eigenvalue weighted by Crippen LogP contribution is 2.25. The Hall–Kier alpha value is -2.82. The van der Waals surface area contributed by atoms with Gasteiger partial charge in [0.15, 0.2) is 0 Å². The third-order valence-corrected chi connectivity index (χ3v) is 7.21. The number of hydrogen-bond donors (Lipinski definition) is 0. The van der Waals surface area contributed by atoms with E-state index >= 15 is 0 Å². The first-order valence-corrected chi connectivity index (χ1v) is 12.1. The monoisotopic (exact) mass is 465 g/mol. The fourth-order valence-electron chi connectivity index (χ4n) is 4.05. The number of alkyl halides is 2. The van der Waals surface area contributed by atoms with Gasteiger partial charge >= 0.3 is 5.76 Å². The van der Waals surface area contributed by atoms with Gasteiger partial charge in [-0.05, 0) is 31.9 Å². The van der Waals surface area contributed by atoms with Crippen molar-refractivity contribution in [1.82, 2.24) is 14.9 Å². The van der Waals surface area contributed by atoms with Crippen molar-refractivity contribution in [2.45, 2.75) is 30.4 Å². The van der Waals surface area contributed by atoms with Crippen molar-refractivity contribution >= 4 is 27.5 Å². The molecular weight excluding hydrogens is 440 g/mol.